The molecule has 0 amide bonds. The number of nitro benzene ring substituents is 1. The zero-order valence-corrected chi connectivity index (χ0v) is 14.6. The Balaban J connectivity index is 3.44. The number of esters is 2. The number of hydrogen-bond acceptors (Lipinski definition) is 7. The van der Waals surface area contributed by atoms with Crippen molar-refractivity contribution >= 4 is 23.9 Å². The van der Waals surface area contributed by atoms with Crippen LogP contribution in [-0.2, 0) is 23.9 Å². The molecule has 0 saturated carbocycles. The summed E-state index contributed by atoms with van der Waals surface area (Å²) in [5, 5.41) is 11.3. The molecule has 1 rings (SSSR count). The lowest BCUT2D eigenvalue weighted by molar-refractivity contribution is -0.385. The summed E-state index contributed by atoms with van der Waals surface area (Å²) in [7, 11) is 1.09. The molecule has 0 aliphatic carbocycles. The molecule has 1 unspecified atom stereocenters. The average molecular weight is 351 g/mol. The lowest BCUT2D eigenvalue weighted by Crippen LogP contribution is -2.37. The quantitative estimate of drug-likeness (QED) is 0.244. The minimum absolute atomic E-state index is 0.0980. The maximum Gasteiger partial charge on any atom is 0.321 e. The van der Waals surface area contributed by atoms with Crippen LogP contribution in [0.3, 0.4) is 0 Å². The van der Waals surface area contributed by atoms with E-state index in [0.29, 0.717) is 6.29 Å². The van der Waals surface area contributed by atoms with Crippen molar-refractivity contribution in [2.24, 2.45) is 5.92 Å². The van der Waals surface area contributed by atoms with Gasteiger partial charge in [-0.3, -0.25) is 19.7 Å². The van der Waals surface area contributed by atoms with E-state index in [2.05, 4.69) is 4.74 Å². The Hall–Kier alpha value is -2.77. The van der Waals surface area contributed by atoms with Gasteiger partial charge in [-0.2, -0.15) is 0 Å². The fraction of sp³-hybridized carbons (Fsp3) is 0.471. The maximum atomic E-state index is 12.5. The first-order chi connectivity index (χ1) is 11.6. The smallest absolute Gasteiger partial charge is 0.321 e. The van der Waals surface area contributed by atoms with E-state index in [-0.39, 0.29) is 17.7 Å². The Kier molecular flexibility index (Phi) is 6.78. The Morgan fingerprint density at radius 3 is 2.32 bits per heavy atom. The minimum Gasteiger partial charge on any atom is -0.468 e. The molecule has 8 heteroatoms. The summed E-state index contributed by atoms with van der Waals surface area (Å²) < 4.78 is 9.92. The van der Waals surface area contributed by atoms with E-state index in [1.165, 1.54) is 24.3 Å². The molecule has 1 aromatic carbocycles. The van der Waals surface area contributed by atoms with Gasteiger partial charge in [0.2, 0.25) is 0 Å². The number of ether oxygens (including phenoxy) is 2. The topological polar surface area (TPSA) is 113 Å². The Morgan fingerprint density at radius 2 is 1.84 bits per heavy atom. The lowest BCUT2D eigenvalue weighted by atomic mass is 9.82. The number of carbonyl (C=O) groups excluding carboxylic acids is 3. The van der Waals surface area contributed by atoms with Gasteiger partial charge >= 0.3 is 11.9 Å². The molecule has 0 heterocycles. The first kappa shape index (κ1) is 20.3. The summed E-state index contributed by atoms with van der Waals surface area (Å²) >= 11 is 0. The average Bonchev–Trinajstić information content (AvgIpc) is 2.52. The van der Waals surface area contributed by atoms with Gasteiger partial charge in [-0.05, 0) is 20.8 Å². The Bertz CT molecular complexity index is 663. The van der Waals surface area contributed by atoms with E-state index < -0.39 is 34.3 Å². The molecule has 2 atom stereocenters. The Labute approximate surface area is 145 Å². The van der Waals surface area contributed by atoms with Gasteiger partial charge in [0.25, 0.3) is 5.69 Å². The second-order valence-electron chi connectivity index (χ2n) is 6.36. The van der Waals surface area contributed by atoms with Crippen molar-refractivity contribution in [2.75, 3.05) is 7.11 Å². The fourth-order valence-electron chi connectivity index (χ4n) is 2.43. The first-order valence-electron chi connectivity index (χ1n) is 7.60. The fourth-order valence-corrected chi connectivity index (χ4v) is 2.43. The van der Waals surface area contributed by atoms with Crippen molar-refractivity contribution in [3.8, 4) is 0 Å². The largest absolute Gasteiger partial charge is 0.468 e. The predicted octanol–water partition coefficient (Wildman–Crippen LogP) is 2.40. The zero-order chi connectivity index (χ0) is 19.2. The van der Waals surface area contributed by atoms with Crippen molar-refractivity contribution < 1.29 is 28.8 Å². The highest BCUT2D eigenvalue weighted by Crippen LogP contribution is 2.36. The first-order valence-corrected chi connectivity index (χ1v) is 7.60. The third-order valence-corrected chi connectivity index (χ3v) is 3.40. The number of methoxy groups -OCH3 is 1. The van der Waals surface area contributed by atoms with Gasteiger partial charge in [0.15, 0.2) is 5.92 Å². The van der Waals surface area contributed by atoms with Crippen LogP contribution in [0, 0.1) is 16.0 Å². The molecular weight excluding hydrogens is 330 g/mol. The van der Waals surface area contributed by atoms with Crippen molar-refractivity contribution in [3.05, 3.63) is 39.9 Å². The molecule has 8 nitrogen and oxygen atoms in total. The van der Waals surface area contributed by atoms with E-state index in [1.807, 2.05) is 0 Å². The molecule has 0 radical (unpaired) electrons. The molecule has 1 aromatic rings. The highest BCUT2D eigenvalue weighted by Gasteiger charge is 2.41. The summed E-state index contributed by atoms with van der Waals surface area (Å²) in [6.45, 7) is 4.87. The monoisotopic (exact) mass is 351 g/mol. The highest BCUT2D eigenvalue weighted by molar-refractivity contribution is 5.96. The van der Waals surface area contributed by atoms with Crippen molar-refractivity contribution in [1.29, 1.82) is 0 Å². The molecule has 0 bridgehead atoms. The van der Waals surface area contributed by atoms with Gasteiger partial charge in [-0.1, -0.05) is 18.2 Å². The van der Waals surface area contributed by atoms with Gasteiger partial charge in [0, 0.05) is 24.0 Å². The van der Waals surface area contributed by atoms with Crippen LogP contribution < -0.4 is 0 Å². The van der Waals surface area contributed by atoms with E-state index in [4.69, 9.17) is 4.74 Å². The molecule has 25 heavy (non-hydrogen) atoms. The number of carbonyl (C=O) groups is 3. The van der Waals surface area contributed by atoms with E-state index in [1.54, 1.807) is 20.8 Å². The molecule has 0 aliphatic heterocycles. The minimum atomic E-state index is -1.49. The summed E-state index contributed by atoms with van der Waals surface area (Å²) in [6.07, 6.45) is 0.228. The summed E-state index contributed by atoms with van der Waals surface area (Å²) in [6, 6.07) is 5.65. The van der Waals surface area contributed by atoms with Crippen LogP contribution in [0.4, 0.5) is 5.69 Å². The lowest BCUT2D eigenvalue weighted by Gasteiger charge is -2.27. The number of nitrogens with zero attached hydrogens (tertiary/aromatic N) is 1. The van der Waals surface area contributed by atoms with E-state index in [9.17, 15) is 24.5 Å². The highest BCUT2D eigenvalue weighted by atomic mass is 16.6. The van der Waals surface area contributed by atoms with Gasteiger partial charge in [-0.15, -0.1) is 0 Å². The number of aldehydes is 1. The zero-order valence-electron chi connectivity index (χ0n) is 14.6. The molecule has 0 spiro atoms. The van der Waals surface area contributed by atoms with Crippen molar-refractivity contribution in [2.45, 2.75) is 38.7 Å². The second kappa shape index (κ2) is 8.36. The molecule has 136 valence electrons. The van der Waals surface area contributed by atoms with Gasteiger partial charge in [-0.25, -0.2) is 0 Å². The maximum absolute atomic E-state index is 12.5. The van der Waals surface area contributed by atoms with Gasteiger partial charge in [0.1, 0.15) is 11.9 Å². The summed E-state index contributed by atoms with van der Waals surface area (Å²) in [5.74, 6) is -4.37. The second-order valence-corrected chi connectivity index (χ2v) is 6.36. The number of hydrogen-bond donors (Lipinski definition) is 0. The van der Waals surface area contributed by atoms with Crippen molar-refractivity contribution in [3.63, 3.8) is 0 Å². The normalized spacial score (nSPS) is 13.4. The molecule has 0 saturated heterocycles. The van der Waals surface area contributed by atoms with Gasteiger partial charge in [0.05, 0.1) is 12.0 Å². The third kappa shape index (κ3) is 5.37. The van der Waals surface area contributed by atoms with E-state index in [0.717, 1.165) is 7.11 Å². The molecule has 0 N–H and O–H groups in total. The third-order valence-electron chi connectivity index (χ3n) is 3.40. The number of para-hydroxylation sites is 1. The summed E-state index contributed by atoms with van der Waals surface area (Å²) in [4.78, 5) is 46.5. The standard InChI is InChI=1S/C17H21NO7/c1-17(2,3)25-16(21)14(15(20)24-4)12(9-10-19)11-7-5-6-8-13(11)18(22)23/h5-8,10,12,14H,9H2,1-4H3/t12-,14?/m0/s1. The summed E-state index contributed by atoms with van der Waals surface area (Å²) in [5.41, 5.74) is -1.06. The van der Waals surface area contributed by atoms with Crippen LogP contribution in [-0.4, -0.2) is 35.9 Å². The van der Waals surface area contributed by atoms with E-state index >= 15 is 0 Å². The predicted molar refractivity (Wildman–Crippen MR) is 87.9 cm³/mol. The molecular formula is C17H21NO7. The molecule has 0 aromatic heterocycles. The van der Waals surface area contributed by atoms with Crippen LogP contribution in [0.15, 0.2) is 24.3 Å². The van der Waals surface area contributed by atoms with Gasteiger partial charge < -0.3 is 14.3 Å². The molecule has 0 fully saturated rings. The SMILES string of the molecule is COC(=O)C(C(=O)OC(C)(C)C)[C@@H](CC=O)c1ccccc1[N+](=O)[O-]. The Morgan fingerprint density at radius 1 is 1.24 bits per heavy atom. The number of benzene rings is 1. The molecule has 0 aliphatic rings. The van der Waals surface area contributed by atoms with Crippen LogP contribution in [0.5, 0.6) is 0 Å². The van der Waals surface area contributed by atoms with Crippen LogP contribution in [0.1, 0.15) is 38.7 Å². The van der Waals surface area contributed by atoms with Crippen molar-refractivity contribution in [1.82, 2.24) is 0 Å². The van der Waals surface area contributed by atoms with Crippen LogP contribution in [0.25, 0.3) is 0 Å². The van der Waals surface area contributed by atoms with Crippen LogP contribution in [0.2, 0.25) is 0 Å². The number of nitro groups is 1. The van der Waals surface area contributed by atoms with Crippen LogP contribution >= 0.6 is 0 Å². The number of rotatable bonds is 7.